The van der Waals surface area contributed by atoms with E-state index >= 15 is 0 Å². The van der Waals surface area contributed by atoms with Crippen molar-refractivity contribution in [2.24, 2.45) is 0 Å². The average molecular weight is 207 g/mol. The first-order valence-corrected chi connectivity index (χ1v) is 9.00. The van der Waals surface area contributed by atoms with Gasteiger partial charge >= 0.3 is 76.2 Å². The minimum atomic E-state index is -1.29. The monoisotopic (exact) mass is 207 g/mol. The topological polar surface area (TPSA) is 46.2 Å². The second-order valence-corrected chi connectivity index (χ2v) is 13.2. The SMILES string of the molecule is C[PH](C)(C)SC1CC(=O)NC1=O. The van der Waals surface area contributed by atoms with Crippen LogP contribution in [0.5, 0.6) is 0 Å². The molecule has 0 aromatic rings. The molecule has 12 heavy (non-hydrogen) atoms. The molecule has 0 radical (unpaired) electrons. The van der Waals surface area contributed by atoms with Gasteiger partial charge in [0.25, 0.3) is 0 Å². The van der Waals surface area contributed by atoms with Crippen molar-refractivity contribution in [2.75, 3.05) is 20.0 Å². The normalized spacial score (nSPS) is 25.8. The molecule has 1 rings (SSSR count). The molecule has 3 nitrogen and oxygen atoms in total. The summed E-state index contributed by atoms with van der Waals surface area (Å²) in [4.78, 5) is 22.0. The van der Waals surface area contributed by atoms with Crippen LogP contribution < -0.4 is 5.32 Å². The van der Waals surface area contributed by atoms with Gasteiger partial charge in [-0.3, -0.25) is 0 Å². The molecule has 1 fully saturated rings. The molecule has 0 aromatic carbocycles. The summed E-state index contributed by atoms with van der Waals surface area (Å²) in [6.07, 6.45) is 0.369. The summed E-state index contributed by atoms with van der Waals surface area (Å²) >= 11 is 1.68. The number of carbonyl (C=O) groups is 2. The summed E-state index contributed by atoms with van der Waals surface area (Å²) in [7, 11) is 0. The van der Waals surface area contributed by atoms with Crippen molar-refractivity contribution in [3.63, 3.8) is 0 Å². The number of carbonyl (C=O) groups excluding carboxylic acids is 2. The summed E-state index contributed by atoms with van der Waals surface area (Å²) in [6.45, 7) is 5.23. The molecule has 1 aliphatic heterocycles. The van der Waals surface area contributed by atoms with Crippen LogP contribution in [0.25, 0.3) is 0 Å². The maximum absolute atomic E-state index is 11.1. The molecular weight excluding hydrogens is 193 g/mol. The molecule has 1 unspecified atom stereocenters. The molecule has 1 N–H and O–H groups in total. The molecule has 0 saturated carbocycles. The first kappa shape index (κ1) is 10.0. The van der Waals surface area contributed by atoms with E-state index in [9.17, 15) is 9.59 Å². The molecular formula is C7H14NO2PS. The van der Waals surface area contributed by atoms with Crippen molar-refractivity contribution in [3.05, 3.63) is 0 Å². The van der Waals surface area contributed by atoms with Crippen molar-refractivity contribution in [2.45, 2.75) is 11.7 Å². The standard InChI is InChI=1S/C7H14NO2PS/c1-11(2,3)12-5-4-6(9)8-7(5)10/h5,11H,4H2,1-3H3,(H,8,9,10). The summed E-state index contributed by atoms with van der Waals surface area (Å²) in [6, 6.07) is 0. The van der Waals surface area contributed by atoms with E-state index in [1.807, 2.05) is 0 Å². The van der Waals surface area contributed by atoms with Crippen LogP contribution in [0.4, 0.5) is 0 Å². The van der Waals surface area contributed by atoms with E-state index in [1.165, 1.54) is 0 Å². The molecule has 1 atom stereocenters. The van der Waals surface area contributed by atoms with Gasteiger partial charge in [0, 0.05) is 0 Å². The van der Waals surface area contributed by atoms with Crippen LogP contribution in [0.1, 0.15) is 6.42 Å². The second-order valence-electron chi connectivity index (χ2n) is 3.84. The summed E-state index contributed by atoms with van der Waals surface area (Å²) in [5.41, 5.74) is 0. The van der Waals surface area contributed by atoms with Crippen LogP contribution in [-0.4, -0.2) is 37.1 Å². The van der Waals surface area contributed by atoms with Gasteiger partial charge in [0.1, 0.15) is 0 Å². The molecule has 1 saturated heterocycles. The Kier molecular flexibility index (Phi) is 2.79. The molecule has 1 heterocycles. The van der Waals surface area contributed by atoms with Crippen molar-refractivity contribution < 1.29 is 9.59 Å². The molecule has 0 aliphatic carbocycles. The molecule has 0 spiro atoms. The van der Waals surface area contributed by atoms with Crippen LogP contribution in [0.15, 0.2) is 0 Å². The zero-order valence-corrected chi connectivity index (χ0v) is 9.33. The first-order valence-electron chi connectivity index (χ1n) is 3.90. The van der Waals surface area contributed by atoms with Crippen LogP contribution in [0.3, 0.4) is 0 Å². The van der Waals surface area contributed by atoms with E-state index in [0.717, 1.165) is 0 Å². The molecule has 2 amide bonds. The Bertz CT molecular complexity index is 224. The Balaban J connectivity index is 2.54. The van der Waals surface area contributed by atoms with E-state index in [1.54, 1.807) is 11.4 Å². The zero-order valence-electron chi connectivity index (χ0n) is 7.51. The number of hydrogen-bond donors (Lipinski definition) is 1. The Morgan fingerprint density at radius 1 is 1.42 bits per heavy atom. The zero-order chi connectivity index (χ0) is 9.35. The predicted molar refractivity (Wildman–Crippen MR) is 55.2 cm³/mol. The van der Waals surface area contributed by atoms with E-state index in [0.29, 0.717) is 6.42 Å². The van der Waals surface area contributed by atoms with Gasteiger partial charge in [-0.15, -0.1) is 0 Å². The third-order valence-corrected chi connectivity index (χ3v) is 5.77. The van der Waals surface area contributed by atoms with Crippen LogP contribution >= 0.6 is 17.8 Å². The molecule has 0 bridgehead atoms. The number of nitrogens with one attached hydrogen (secondary N) is 1. The molecule has 5 heteroatoms. The quantitative estimate of drug-likeness (QED) is 0.535. The summed E-state index contributed by atoms with van der Waals surface area (Å²) < 4.78 is 0. The minimum absolute atomic E-state index is 0.104. The van der Waals surface area contributed by atoms with Crippen LogP contribution in [-0.2, 0) is 9.59 Å². The Morgan fingerprint density at radius 3 is 2.33 bits per heavy atom. The fourth-order valence-electron chi connectivity index (χ4n) is 1.05. The van der Waals surface area contributed by atoms with Crippen molar-refractivity contribution >= 4 is 29.7 Å². The molecule has 70 valence electrons. The van der Waals surface area contributed by atoms with Crippen molar-refractivity contribution in [1.29, 1.82) is 0 Å². The third kappa shape index (κ3) is 2.76. The van der Waals surface area contributed by atoms with E-state index in [4.69, 9.17) is 0 Å². The van der Waals surface area contributed by atoms with Gasteiger partial charge in [0.05, 0.1) is 0 Å². The second kappa shape index (κ2) is 3.35. The molecule has 1 aliphatic rings. The number of amides is 2. The Morgan fingerprint density at radius 2 is 2.00 bits per heavy atom. The van der Waals surface area contributed by atoms with Gasteiger partial charge in [-0.25, -0.2) is 0 Å². The van der Waals surface area contributed by atoms with E-state index in [2.05, 4.69) is 25.3 Å². The van der Waals surface area contributed by atoms with Gasteiger partial charge in [-0.1, -0.05) is 0 Å². The predicted octanol–water partition coefficient (Wildman–Crippen LogP) is 0.689. The number of imide groups is 1. The Hall–Kier alpha value is -0.0800. The number of hydrogen-bond acceptors (Lipinski definition) is 3. The fraction of sp³-hybridized carbons (Fsp3) is 0.714. The fourth-order valence-corrected chi connectivity index (χ4v) is 5.44. The van der Waals surface area contributed by atoms with Gasteiger partial charge in [0.2, 0.25) is 0 Å². The van der Waals surface area contributed by atoms with Gasteiger partial charge in [-0.05, 0) is 0 Å². The number of rotatable bonds is 2. The van der Waals surface area contributed by atoms with Crippen molar-refractivity contribution in [1.82, 2.24) is 5.32 Å². The van der Waals surface area contributed by atoms with Crippen LogP contribution in [0, 0.1) is 0 Å². The van der Waals surface area contributed by atoms with Gasteiger partial charge in [-0.2, -0.15) is 0 Å². The van der Waals surface area contributed by atoms with E-state index in [-0.39, 0.29) is 17.1 Å². The van der Waals surface area contributed by atoms with Gasteiger partial charge < -0.3 is 0 Å². The maximum atomic E-state index is 11.1. The summed E-state index contributed by atoms with van der Waals surface area (Å²) in [5, 5.41) is 2.19. The Labute approximate surface area is 76.8 Å². The van der Waals surface area contributed by atoms with Gasteiger partial charge in [0.15, 0.2) is 0 Å². The average Bonchev–Trinajstić information content (AvgIpc) is 2.06. The van der Waals surface area contributed by atoms with E-state index < -0.39 is 6.46 Å². The third-order valence-electron chi connectivity index (χ3n) is 1.42. The van der Waals surface area contributed by atoms with Crippen molar-refractivity contribution in [3.8, 4) is 0 Å². The summed E-state index contributed by atoms with van der Waals surface area (Å²) in [5.74, 6) is -0.233. The van der Waals surface area contributed by atoms with Crippen LogP contribution in [0.2, 0.25) is 0 Å². The first-order chi connectivity index (χ1) is 5.38. The molecule has 0 aromatic heterocycles.